The summed E-state index contributed by atoms with van der Waals surface area (Å²) in [5.41, 5.74) is 3.05. The molecule has 0 spiro atoms. The fourth-order valence-electron chi connectivity index (χ4n) is 5.09. The number of hydrogen-bond acceptors (Lipinski definition) is 3. The van der Waals surface area contributed by atoms with Gasteiger partial charge < -0.3 is 20.3 Å². The van der Waals surface area contributed by atoms with E-state index in [-0.39, 0.29) is 24.9 Å². The van der Waals surface area contributed by atoms with E-state index in [1.807, 2.05) is 31.5 Å². The van der Waals surface area contributed by atoms with Gasteiger partial charge in [-0.25, -0.2) is 0 Å². The Hall–Kier alpha value is -3.75. The minimum atomic E-state index is -4.41. The predicted octanol–water partition coefficient (Wildman–Crippen LogP) is 6.74. The molecule has 1 saturated carbocycles. The number of anilines is 1. The molecule has 6 nitrogen and oxygen atoms in total. The first kappa shape index (κ1) is 27.3. The van der Waals surface area contributed by atoms with Crippen molar-refractivity contribution in [2.24, 2.45) is 5.92 Å². The maximum absolute atomic E-state index is 13.3. The smallest absolute Gasteiger partial charge is 0.416 e. The van der Waals surface area contributed by atoms with Gasteiger partial charge in [0.25, 0.3) is 5.91 Å². The maximum Gasteiger partial charge on any atom is 0.416 e. The number of halogens is 3. The van der Waals surface area contributed by atoms with Gasteiger partial charge in [-0.1, -0.05) is 25.3 Å². The lowest BCUT2D eigenvalue weighted by atomic mass is 9.81. The Morgan fingerprint density at radius 1 is 1.05 bits per heavy atom. The molecule has 1 atom stereocenters. The fraction of sp³-hybridized carbons (Fsp3) is 0.379. The molecule has 1 aromatic heterocycles. The first-order valence-corrected chi connectivity index (χ1v) is 12.8. The number of aryl methyl sites for hydroxylation is 1. The van der Waals surface area contributed by atoms with Crippen molar-refractivity contribution in [2.75, 3.05) is 11.9 Å². The van der Waals surface area contributed by atoms with Crippen molar-refractivity contribution >= 4 is 17.6 Å². The highest BCUT2D eigenvalue weighted by atomic mass is 19.4. The van der Waals surface area contributed by atoms with E-state index >= 15 is 0 Å². The van der Waals surface area contributed by atoms with Gasteiger partial charge >= 0.3 is 12.1 Å². The molecule has 2 aromatic carbocycles. The van der Waals surface area contributed by atoms with Crippen LogP contribution < -0.4 is 10.6 Å². The predicted molar refractivity (Wildman–Crippen MR) is 139 cm³/mol. The first-order chi connectivity index (χ1) is 18.1. The number of benzene rings is 2. The molecule has 3 N–H and O–H groups in total. The minimum Gasteiger partial charge on any atom is -0.481 e. The molecule has 1 aliphatic carbocycles. The normalized spacial score (nSPS) is 15.2. The molecule has 9 heteroatoms. The Balaban J connectivity index is 1.57. The third-order valence-corrected chi connectivity index (χ3v) is 7.09. The second kappa shape index (κ2) is 11.8. The van der Waals surface area contributed by atoms with Crippen LogP contribution >= 0.6 is 0 Å². The Morgan fingerprint density at radius 3 is 2.42 bits per heavy atom. The van der Waals surface area contributed by atoms with Gasteiger partial charge in [0.2, 0.25) is 0 Å². The van der Waals surface area contributed by atoms with E-state index in [1.54, 1.807) is 22.8 Å². The summed E-state index contributed by atoms with van der Waals surface area (Å²) in [5.74, 6) is -0.953. The Kier molecular flexibility index (Phi) is 8.44. The number of nitrogens with zero attached hydrogens (tertiary/aromatic N) is 1. The van der Waals surface area contributed by atoms with Crippen LogP contribution in [0.2, 0.25) is 0 Å². The molecule has 1 fully saturated rings. The van der Waals surface area contributed by atoms with Crippen molar-refractivity contribution in [3.63, 3.8) is 0 Å². The average Bonchev–Trinajstić information content (AvgIpc) is 3.28. The SMILES string of the molecule is Cc1cn(-c2cccc(C(F)(F)F)c2)cc1C(Nc1ccc(C(=O)NCCC(=O)O)cc1)C1CCCCC1. The summed E-state index contributed by atoms with van der Waals surface area (Å²) in [4.78, 5) is 23.0. The molecule has 4 rings (SSSR count). The number of carbonyl (C=O) groups is 2. The highest BCUT2D eigenvalue weighted by Gasteiger charge is 2.31. The van der Waals surface area contributed by atoms with Gasteiger partial charge in [-0.05, 0) is 79.3 Å². The van der Waals surface area contributed by atoms with Crippen LogP contribution in [0.1, 0.15) is 71.6 Å². The van der Waals surface area contributed by atoms with Crippen molar-refractivity contribution in [3.05, 3.63) is 83.2 Å². The summed E-state index contributed by atoms with van der Waals surface area (Å²) in [5, 5.41) is 15.0. The zero-order chi connectivity index (χ0) is 27.3. The number of carboxylic acid groups (broad SMARTS) is 1. The lowest BCUT2D eigenvalue weighted by Crippen LogP contribution is -2.26. The van der Waals surface area contributed by atoms with Crippen molar-refractivity contribution < 1.29 is 27.9 Å². The lowest BCUT2D eigenvalue weighted by molar-refractivity contribution is -0.138. The molecule has 1 heterocycles. The van der Waals surface area contributed by atoms with Crippen LogP contribution in [0, 0.1) is 12.8 Å². The first-order valence-electron chi connectivity index (χ1n) is 12.8. The van der Waals surface area contributed by atoms with Gasteiger partial charge in [0, 0.05) is 35.9 Å². The molecular formula is C29H32F3N3O3. The van der Waals surface area contributed by atoms with E-state index in [4.69, 9.17) is 5.11 Å². The Bertz CT molecular complexity index is 1260. The van der Waals surface area contributed by atoms with E-state index in [0.29, 0.717) is 17.2 Å². The van der Waals surface area contributed by atoms with E-state index in [1.165, 1.54) is 12.5 Å². The highest BCUT2D eigenvalue weighted by molar-refractivity contribution is 5.94. The van der Waals surface area contributed by atoms with Crippen molar-refractivity contribution in [1.82, 2.24) is 9.88 Å². The van der Waals surface area contributed by atoms with Gasteiger partial charge in [0.1, 0.15) is 0 Å². The number of rotatable bonds is 9. The molecule has 202 valence electrons. The van der Waals surface area contributed by atoms with Crippen molar-refractivity contribution in [2.45, 2.75) is 57.7 Å². The summed E-state index contributed by atoms with van der Waals surface area (Å²) in [6.07, 6.45) is 4.79. The second-order valence-electron chi connectivity index (χ2n) is 9.85. The zero-order valence-electron chi connectivity index (χ0n) is 21.2. The Morgan fingerprint density at radius 2 is 1.76 bits per heavy atom. The van der Waals surface area contributed by atoms with Gasteiger partial charge in [0.15, 0.2) is 0 Å². The maximum atomic E-state index is 13.3. The van der Waals surface area contributed by atoms with Gasteiger partial charge in [-0.2, -0.15) is 13.2 Å². The summed E-state index contributed by atoms with van der Waals surface area (Å²) < 4.78 is 41.6. The molecular weight excluding hydrogens is 495 g/mol. The molecule has 0 radical (unpaired) electrons. The number of hydrogen-bond donors (Lipinski definition) is 3. The largest absolute Gasteiger partial charge is 0.481 e. The molecule has 1 amide bonds. The minimum absolute atomic E-state index is 0.0439. The van der Waals surface area contributed by atoms with Crippen LogP contribution in [-0.2, 0) is 11.0 Å². The van der Waals surface area contributed by atoms with Gasteiger partial charge in [-0.3, -0.25) is 9.59 Å². The molecule has 0 bridgehead atoms. The summed E-state index contributed by atoms with van der Waals surface area (Å²) in [6.45, 7) is 2.03. The Labute approximate surface area is 219 Å². The van der Waals surface area contributed by atoms with Crippen LogP contribution in [0.3, 0.4) is 0 Å². The fourth-order valence-corrected chi connectivity index (χ4v) is 5.09. The van der Waals surface area contributed by atoms with Crippen LogP contribution in [-0.4, -0.2) is 28.1 Å². The van der Waals surface area contributed by atoms with Crippen LogP contribution in [0.25, 0.3) is 5.69 Å². The van der Waals surface area contributed by atoms with E-state index in [0.717, 1.165) is 54.6 Å². The van der Waals surface area contributed by atoms with E-state index in [2.05, 4.69) is 10.6 Å². The van der Waals surface area contributed by atoms with E-state index in [9.17, 15) is 22.8 Å². The number of carboxylic acids is 1. The lowest BCUT2D eigenvalue weighted by Gasteiger charge is -2.32. The average molecular weight is 528 g/mol. The zero-order valence-corrected chi connectivity index (χ0v) is 21.2. The standard InChI is InChI=1S/C29H32F3N3O3/c1-19-17-35(24-9-5-8-22(16-24)29(30,31)32)18-25(19)27(20-6-3-2-4-7-20)34-23-12-10-21(11-13-23)28(38)33-15-14-26(36)37/h5,8-13,16-18,20,27,34H,2-4,6-7,14-15H2,1H3,(H,33,38)(H,36,37). The number of amides is 1. The number of nitrogens with one attached hydrogen (secondary N) is 2. The number of carbonyl (C=O) groups excluding carboxylic acids is 1. The molecule has 1 aliphatic rings. The number of alkyl halides is 3. The van der Waals surface area contributed by atoms with Crippen molar-refractivity contribution in [1.29, 1.82) is 0 Å². The van der Waals surface area contributed by atoms with Crippen LogP contribution in [0.4, 0.5) is 18.9 Å². The van der Waals surface area contributed by atoms with E-state index < -0.39 is 17.7 Å². The van der Waals surface area contributed by atoms with Crippen LogP contribution in [0.15, 0.2) is 60.9 Å². The summed E-state index contributed by atoms with van der Waals surface area (Å²) in [7, 11) is 0. The highest BCUT2D eigenvalue weighted by Crippen LogP contribution is 2.39. The third-order valence-electron chi connectivity index (χ3n) is 7.09. The number of aromatic nitrogens is 1. The molecule has 0 aliphatic heterocycles. The van der Waals surface area contributed by atoms with Crippen LogP contribution in [0.5, 0.6) is 0 Å². The van der Waals surface area contributed by atoms with Gasteiger partial charge in [-0.15, -0.1) is 0 Å². The van der Waals surface area contributed by atoms with Crippen molar-refractivity contribution in [3.8, 4) is 5.69 Å². The summed E-state index contributed by atoms with van der Waals surface area (Å²) in [6, 6.07) is 12.3. The third kappa shape index (κ3) is 6.76. The van der Waals surface area contributed by atoms with Gasteiger partial charge in [0.05, 0.1) is 18.0 Å². The molecule has 3 aromatic rings. The molecule has 1 unspecified atom stereocenters. The topological polar surface area (TPSA) is 83.4 Å². The molecule has 38 heavy (non-hydrogen) atoms. The second-order valence-corrected chi connectivity index (χ2v) is 9.85. The monoisotopic (exact) mass is 527 g/mol. The quantitative estimate of drug-likeness (QED) is 0.288. The molecule has 0 saturated heterocycles. The summed E-state index contributed by atoms with van der Waals surface area (Å²) >= 11 is 0. The number of aliphatic carboxylic acids is 1.